The zero-order valence-corrected chi connectivity index (χ0v) is 18.8. The number of hydrogen-bond acceptors (Lipinski definition) is 3. The molecule has 188 valence electrons. The lowest BCUT2D eigenvalue weighted by atomic mass is 10.0. The van der Waals surface area contributed by atoms with Crippen molar-refractivity contribution in [1.29, 1.82) is 0 Å². The molecule has 0 aliphatic carbocycles. The van der Waals surface area contributed by atoms with Crippen LogP contribution in [0.3, 0.4) is 0 Å². The standard InChI is InChI=1S/C25H22F6O4/c1-3-34-22(23(32)33)14-17-6-8-21(9-7-17)35-11-10-16(2)4-5-18-12-19(24(26,27)28)15-20(13-18)25(29,30)31/h6-10,12-13,15,22H,3,11,14H2,1-2H3,(H,32,33)/b16-10+. The summed E-state index contributed by atoms with van der Waals surface area (Å²) in [5.41, 5.74) is -2.16. The highest BCUT2D eigenvalue weighted by atomic mass is 19.4. The number of carbonyl (C=O) groups is 1. The number of carboxylic acids is 1. The van der Waals surface area contributed by atoms with E-state index in [0.717, 1.165) is 5.56 Å². The Morgan fingerprint density at radius 1 is 1.03 bits per heavy atom. The van der Waals surface area contributed by atoms with Gasteiger partial charge >= 0.3 is 18.3 Å². The molecule has 0 heterocycles. The van der Waals surface area contributed by atoms with Crippen molar-refractivity contribution < 1.29 is 45.7 Å². The molecule has 0 radical (unpaired) electrons. The van der Waals surface area contributed by atoms with Crippen LogP contribution < -0.4 is 4.74 Å². The van der Waals surface area contributed by atoms with Gasteiger partial charge in [0, 0.05) is 18.6 Å². The summed E-state index contributed by atoms with van der Waals surface area (Å²) in [6.45, 7) is 3.56. The van der Waals surface area contributed by atoms with E-state index in [2.05, 4.69) is 11.8 Å². The predicted octanol–water partition coefficient (Wildman–Crippen LogP) is 6.13. The van der Waals surface area contributed by atoms with Crippen LogP contribution in [0.5, 0.6) is 5.75 Å². The minimum atomic E-state index is -4.94. The average molecular weight is 500 g/mol. The first-order valence-corrected chi connectivity index (χ1v) is 10.3. The molecular weight excluding hydrogens is 478 g/mol. The topological polar surface area (TPSA) is 55.8 Å². The monoisotopic (exact) mass is 500 g/mol. The normalized spacial score (nSPS) is 13.1. The van der Waals surface area contributed by atoms with Crippen LogP contribution >= 0.6 is 0 Å². The van der Waals surface area contributed by atoms with Gasteiger partial charge in [0.1, 0.15) is 12.4 Å². The summed E-state index contributed by atoms with van der Waals surface area (Å²) in [6, 6.07) is 7.82. The van der Waals surface area contributed by atoms with E-state index in [0.29, 0.717) is 23.5 Å². The Bertz CT molecular complexity index is 1070. The Morgan fingerprint density at radius 2 is 1.60 bits per heavy atom. The molecule has 0 aliphatic heterocycles. The fourth-order valence-corrected chi connectivity index (χ4v) is 2.87. The number of rotatable bonds is 8. The van der Waals surface area contributed by atoms with Crippen LogP contribution in [0.1, 0.15) is 36.1 Å². The van der Waals surface area contributed by atoms with Gasteiger partial charge < -0.3 is 14.6 Å². The molecule has 2 aromatic rings. The van der Waals surface area contributed by atoms with Gasteiger partial charge in [-0.15, -0.1) is 0 Å². The third-order valence-electron chi connectivity index (χ3n) is 4.62. The number of benzene rings is 2. The summed E-state index contributed by atoms with van der Waals surface area (Å²) < 4.78 is 88.4. The van der Waals surface area contributed by atoms with E-state index in [1.54, 1.807) is 31.2 Å². The molecule has 2 aromatic carbocycles. The summed E-state index contributed by atoms with van der Waals surface area (Å²) in [7, 11) is 0. The molecule has 0 aromatic heterocycles. The van der Waals surface area contributed by atoms with E-state index in [9.17, 15) is 31.1 Å². The number of alkyl halides is 6. The molecule has 1 N–H and O–H groups in total. The molecule has 0 saturated carbocycles. The number of ether oxygens (including phenoxy) is 2. The first kappa shape index (κ1) is 27.8. The molecule has 1 unspecified atom stereocenters. The van der Waals surface area contributed by atoms with Crippen LogP contribution in [0.4, 0.5) is 26.3 Å². The van der Waals surface area contributed by atoms with Gasteiger partial charge in [0.05, 0.1) is 11.1 Å². The van der Waals surface area contributed by atoms with Crippen LogP contribution in [0.15, 0.2) is 54.1 Å². The fraction of sp³-hybridized carbons (Fsp3) is 0.320. The summed E-state index contributed by atoms with van der Waals surface area (Å²) >= 11 is 0. The lowest BCUT2D eigenvalue weighted by molar-refractivity contribution is -0.150. The Hall–Kier alpha value is -3.45. The number of halogens is 6. The Balaban J connectivity index is 2.05. The van der Waals surface area contributed by atoms with Gasteiger partial charge in [-0.25, -0.2) is 4.79 Å². The molecule has 10 heteroatoms. The SMILES string of the molecule is CCOC(Cc1ccc(OC/C=C(\C)C#Cc2cc(C(F)(F)F)cc(C(F)(F)F)c2)cc1)C(=O)O. The van der Waals surface area contributed by atoms with E-state index in [-0.39, 0.29) is 25.7 Å². The third-order valence-corrected chi connectivity index (χ3v) is 4.62. The highest BCUT2D eigenvalue weighted by Crippen LogP contribution is 2.36. The fourth-order valence-electron chi connectivity index (χ4n) is 2.87. The van der Waals surface area contributed by atoms with Crippen molar-refractivity contribution >= 4 is 5.97 Å². The van der Waals surface area contributed by atoms with Crippen LogP contribution in [-0.4, -0.2) is 30.4 Å². The number of aliphatic carboxylic acids is 1. The Morgan fingerprint density at radius 3 is 2.09 bits per heavy atom. The lowest BCUT2D eigenvalue weighted by Gasteiger charge is -2.12. The maximum atomic E-state index is 12.9. The van der Waals surface area contributed by atoms with Gasteiger partial charge in [-0.1, -0.05) is 24.0 Å². The van der Waals surface area contributed by atoms with Crippen LogP contribution in [-0.2, 0) is 28.3 Å². The molecule has 0 saturated heterocycles. The summed E-state index contributed by atoms with van der Waals surface area (Å²) in [5, 5.41) is 9.14. The van der Waals surface area contributed by atoms with E-state index >= 15 is 0 Å². The molecule has 4 nitrogen and oxygen atoms in total. The molecule has 2 rings (SSSR count). The molecule has 0 aliphatic rings. The van der Waals surface area contributed by atoms with E-state index < -0.39 is 41.1 Å². The Labute approximate surface area is 198 Å². The van der Waals surface area contributed by atoms with Gasteiger partial charge in [-0.2, -0.15) is 26.3 Å². The highest BCUT2D eigenvalue weighted by molar-refractivity contribution is 5.72. The largest absolute Gasteiger partial charge is 0.490 e. The molecule has 0 bridgehead atoms. The van der Waals surface area contributed by atoms with Crippen molar-refractivity contribution in [1.82, 2.24) is 0 Å². The van der Waals surface area contributed by atoms with E-state index in [1.807, 2.05) is 0 Å². The van der Waals surface area contributed by atoms with Gasteiger partial charge in [-0.3, -0.25) is 0 Å². The van der Waals surface area contributed by atoms with Crippen molar-refractivity contribution in [3.8, 4) is 17.6 Å². The molecule has 0 amide bonds. The molecule has 0 fully saturated rings. The minimum absolute atomic E-state index is 0.0473. The first-order chi connectivity index (χ1) is 16.3. The van der Waals surface area contributed by atoms with Crippen LogP contribution in [0, 0.1) is 11.8 Å². The second kappa shape index (κ2) is 11.8. The maximum absolute atomic E-state index is 12.9. The molecule has 35 heavy (non-hydrogen) atoms. The van der Waals surface area contributed by atoms with Gasteiger partial charge in [-0.05, 0) is 61.4 Å². The second-order valence-electron chi connectivity index (χ2n) is 7.37. The zero-order valence-electron chi connectivity index (χ0n) is 18.8. The molecular formula is C25H22F6O4. The summed E-state index contributed by atoms with van der Waals surface area (Å²) in [6.07, 6.45) is -9.13. The number of allylic oxidation sites excluding steroid dienone is 1. The quantitative estimate of drug-likeness (QED) is 0.350. The predicted molar refractivity (Wildman–Crippen MR) is 116 cm³/mol. The second-order valence-corrected chi connectivity index (χ2v) is 7.37. The zero-order chi connectivity index (χ0) is 26.2. The summed E-state index contributed by atoms with van der Waals surface area (Å²) in [4.78, 5) is 11.2. The number of carboxylic acid groups (broad SMARTS) is 1. The van der Waals surface area contributed by atoms with Crippen molar-refractivity contribution in [3.05, 3.63) is 76.4 Å². The molecule has 1 atom stereocenters. The van der Waals surface area contributed by atoms with Crippen molar-refractivity contribution in [3.63, 3.8) is 0 Å². The minimum Gasteiger partial charge on any atom is -0.490 e. The third kappa shape index (κ3) is 9.02. The van der Waals surface area contributed by atoms with Gasteiger partial charge in [0.2, 0.25) is 0 Å². The van der Waals surface area contributed by atoms with E-state index in [4.69, 9.17) is 14.6 Å². The van der Waals surface area contributed by atoms with Gasteiger partial charge in [0.25, 0.3) is 0 Å². The average Bonchev–Trinajstić information content (AvgIpc) is 2.77. The van der Waals surface area contributed by atoms with Crippen molar-refractivity contribution in [2.45, 2.75) is 38.7 Å². The molecule has 0 spiro atoms. The van der Waals surface area contributed by atoms with Crippen molar-refractivity contribution in [2.24, 2.45) is 0 Å². The Kier molecular flexibility index (Phi) is 9.37. The smallest absolute Gasteiger partial charge is 0.416 e. The first-order valence-electron chi connectivity index (χ1n) is 10.3. The van der Waals surface area contributed by atoms with Crippen molar-refractivity contribution in [2.75, 3.05) is 13.2 Å². The highest BCUT2D eigenvalue weighted by Gasteiger charge is 2.36. The summed E-state index contributed by atoms with van der Waals surface area (Å²) in [5.74, 6) is 4.26. The van der Waals surface area contributed by atoms with E-state index in [1.165, 1.54) is 13.0 Å². The maximum Gasteiger partial charge on any atom is 0.416 e. The van der Waals surface area contributed by atoms with Crippen LogP contribution in [0.25, 0.3) is 0 Å². The van der Waals surface area contributed by atoms with Gasteiger partial charge in [0.15, 0.2) is 6.10 Å². The number of hydrogen-bond donors (Lipinski definition) is 1. The van der Waals surface area contributed by atoms with Crippen LogP contribution in [0.2, 0.25) is 0 Å². The lowest BCUT2D eigenvalue weighted by Crippen LogP contribution is -2.26.